The van der Waals surface area contributed by atoms with Crippen LogP contribution in [0.1, 0.15) is 50.0 Å². The smallest absolute Gasteiger partial charge is 0.407 e. The van der Waals surface area contributed by atoms with Crippen LogP contribution in [0.2, 0.25) is 0 Å². The summed E-state index contributed by atoms with van der Waals surface area (Å²) in [4.78, 5) is 34.6. The molecule has 0 unspecified atom stereocenters. The molecule has 0 fully saturated rings. The van der Waals surface area contributed by atoms with Crippen molar-refractivity contribution in [3.05, 3.63) is 35.4 Å². The normalized spacial score (nSPS) is 10.2. The second kappa shape index (κ2) is 9.48. The highest BCUT2D eigenvalue weighted by Crippen LogP contribution is 2.07. The molecule has 0 saturated heterocycles. The quantitative estimate of drug-likeness (QED) is 0.292. The van der Waals surface area contributed by atoms with E-state index in [9.17, 15) is 14.4 Å². The van der Waals surface area contributed by atoms with Gasteiger partial charge in [0.05, 0.1) is 6.61 Å². The van der Waals surface area contributed by atoms with Gasteiger partial charge in [0.1, 0.15) is 5.60 Å². The molecule has 1 aromatic rings. The first-order chi connectivity index (χ1) is 11.7. The van der Waals surface area contributed by atoms with Gasteiger partial charge < -0.3 is 14.8 Å². The summed E-state index contributed by atoms with van der Waals surface area (Å²) >= 11 is 0. The molecule has 1 aromatic carbocycles. The Morgan fingerprint density at radius 2 is 1.76 bits per heavy atom. The van der Waals surface area contributed by atoms with Gasteiger partial charge in [0.25, 0.3) is 5.78 Å². The molecule has 0 saturated carbocycles. The van der Waals surface area contributed by atoms with E-state index in [0.717, 1.165) is 0 Å². The molecular weight excluding hydrogens is 322 g/mol. The van der Waals surface area contributed by atoms with Crippen LogP contribution in [0.25, 0.3) is 0 Å². The third kappa shape index (κ3) is 8.02. The van der Waals surface area contributed by atoms with Crippen LogP contribution in [0.5, 0.6) is 0 Å². The number of benzene rings is 1. The Balaban J connectivity index is 2.46. The fraction of sp³-hybridized carbons (Fsp3) is 0.421. The molecule has 0 radical (unpaired) electrons. The molecule has 0 aromatic heterocycles. The van der Waals surface area contributed by atoms with E-state index in [-0.39, 0.29) is 12.2 Å². The average Bonchev–Trinajstić information content (AvgIpc) is 2.53. The minimum Gasteiger partial charge on any atom is -0.460 e. The molecule has 0 aliphatic carbocycles. The molecule has 25 heavy (non-hydrogen) atoms. The van der Waals surface area contributed by atoms with Gasteiger partial charge in [0.15, 0.2) is 0 Å². The Bertz CT molecular complexity index is 674. The summed E-state index contributed by atoms with van der Waals surface area (Å²) in [6.45, 7) is 7.56. The third-order valence-corrected chi connectivity index (χ3v) is 2.76. The van der Waals surface area contributed by atoms with E-state index in [1.165, 1.54) is 12.1 Å². The van der Waals surface area contributed by atoms with Crippen LogP contribution in [-0.2, 0) is 14.3 Å². The monoisotopic (exact) mass is 345 g/mol. The molecule has 1 rings (SSSR count). The van der Waals surface area contributed by atoms with Crippen LogP contribution in [0.15, 0.2) is 24.3 Å². The summed E-state index contributed by atoms with van der Waals surface area (Å²) in [5.74, 6) is 4.29. The summed E-state index contributed by atoms with van der Waals surface area (Å²) < 4.78 is 9.78. The Morgan fingerprint density at radius 3 is 2.32 bits per heavy atom. The lowest BCUT2D eigenvalue weighted by Crippen LogP contribution is -2.32. The van der Waals surface area contributed by atoms with Crippen molar-refractivity contribution in [2.75, 3.05) is 13.2 Å². The number of amides is 1. The SMILES string of the molecule is CCOC(=O)C(=O)c1ccc(C#CCCNC(=O)OC(C)(C)C)cc1. The summed E-state index contributed by atoms with van der Waals surface area (Å²) in [5.41, 5.74) is 0.437. The highest BCUT2D eigenvalue weighted by atomic mass is 16.6. The first-order valence-corrected chi connectivity index (χ1v) is 8.00. The second-order valence-corrected chi connectivity index (χ2v) is 6.11. The number of hydrogen-bond acceptors (Lipinski definition) is 5. The van der Waals surface area contributed by atoms with Crippen molar-refractivity contribution in [1.82, 2.24) is 5.32 Å². The van der Waals surface area contributed by atoms with E-state index in [1.54, 1.807) is 39.8 Å². The molecule has 0 bridgehead atoms. The first-order valence-electron chi connectivity index (χ1n) is 8.00. The number of carbonyl (C=O) groups is 3. The zero-order valence-electron chi connectivity index (χ0n) is 15.0. The van der Waals surface area contributed by atoms with E-state index >= 15 is 0 Å². The highest BCUT2D eigenvalue weighted by Gasteiger charge is 2.17. The van der Waals surface area contributed by atoms with Crippen LogP contribution in [0, 0.1) is 11.8 Å². The zero-order valence-corrected chi connectivity index (χ0v) is 15.0. The lowest BCUT2D eigenvalue weighted by Gasteiger charge is -2.19. The van der Waals surface area contributed by atoms with Crippen molar-refractivity contribution in [2.24, 2.45) is 0 Å². The molecule has 0 aliphatic heterocycles. The van der Waals surface area contributed by atoms with Crippen molar-refractivity contribution < 1.29 is 23.9 Å². The topological polar surface area (TPSA) is 81.7 Å². The predicted molar refractivity (Wildman–Crippen MR) is 93.1 cm³/mol. The maximum absolute atomic E-state index is 11.7. The van der Waals surface area contributed by atoms with E-state index in [1.807, 2.05) is 0 Å². The number of rotatable bonds is 5. The van der Waals surface area contributed by atoms with Gasteiger partial charge in [0.2, 0.25) is 0 Å². The number of carbonyl (C=O) groups excluding carboxylic acids is 3. The number of alkyl carbamates (subject to hydrolysis) is 1. The number of esters is 1. The van der Waals surface area contributed by atoms with Gasteiger partial charge in [-0.1, -0.05) is 11.8 Å². The molecule has 6 nitrogen and oxygen atoms in total. The molecule has 1 amide bonds. The van der Waals surface area contributed by atoms with Crippen LogP contribution < -0.4 is 5.32 Å². The van der Waals surface area contributed by atoms with Gasteiger partial charge in [0, 0.05) is 24.1 Å². The van der Waals surface area contributed by atoms with Crippen molar-refractivity contribution in [1.29, 1.82) is 0 Å². The Labute approximate surface area is 147 Å². The Hall–Kier alpha value is -2.81. The van der Waals surface area contributed by atoms with E-state index in [0.29, 0.717) is 18.5 Å². The number of nitrogens with one attached hydrogen (secondary N) is 1. The van der Waals surface area contributed by atoms with Crippen LogP contribution in [0.4, 0.5) is 4.79 Å². The number of ketones is 1. The van der Waals surface area contributed by atoms with E-state index < -0.39 is 23.4 Å². The summed E-state index contributed by atoms with van der Waals surface area (Å²) in [7, 11) is 0. The van der Waals surface area contributed by atoms with Crippen LogP contribution in [0.3, 0.4) is 0 Å². The van der Waals surface area contributed by atoms with Crippen molar-refractivity contribution >= 4 is 17.8 Å². The molecule has 0 heterocycles. The fourth-order valence-corrected chi connectivity index (χ4v) is 1.73. The maximum Gasteiger partial charge on any atom is 0.407 e. The summed E-state index contributed by atoms with van der Waals surface area (Å²) in [6.07, 6.45) is -0.0147. The molecular formula is C19H23NO5. The number of Topliss-reactive ketones (excluding diaryl/α,β-unsaturated/α-hetero) is 1. The maximum atomic E-state index is 11.7. The van der Waals surface area contributed by atoms with E-state index in [2.05, 4.69) is 21.9 Å². The van der Waals surface area contributed by atoms with Crippen LogP contribution >= 0.6 is 0 Å². The lowest BCUT2D eigenvalue weighted by atomic mass is 10.1. The second-order valence-electron chi connectivity index (χ2n) is 6.11. The summed E-state index contributed by atoms with van der Waals surface area (Å²) in [6, 6.07) is 6.37. The minimum absolute atomic E-state index is 0.158. The van der Waals surface area contributed by atoms with Gasteiger partial charge in [-0.25, -0.2) is 9.59 Å². The average molecular weight is 345 g/mol. The van der Waals surface area contributed by atoms with Gasteiger partial charge in [-0.3, -0.25) is 4.79 Å². The van der Waals surface area contributed by atoms with Crippen LogP contribution in [-0.4, -0.2) is 36.6 Å². The van der Waals surface area contributed by atoms with Gasteiger partial charge in [-0.15, -0.1) is 0 Å². The Morgan fingerprint density at radius 1 is 1.12 bits per heavy atom. The standard InChI is InChI=1S/C19H23NO5/c1-5-24-17(22)16(21)15-11-9-14(10-12-15)8-6-7-13-20-18(23)25-19(2,3)4/h9-12H,5,7,13H2,1-4H3,(H,20,23). The van der Waals surface area contributed by atoms with E-state index in [4.69, 9.17) is 4.74 Å². The van der Waals surface area contributed by atoms with Crippen molar-refractivity contribution in [2.45, 2.75) is 39.7 Å². The van der Waals surface area contributed by atoms with Crippen molar-refractivity contribution in [3.63, 3.8) is 0 Å². The minimum atomic E-state index is -0.866. The third-order valence-electron chi connectivity index (χ3n) is 2.76. The Kier molecular flexibility index (Phi) is 7.67. The molecule has 0 spiro atoms. The lowest BCUT2D eigenvalue weighted by molar-refractivity contribution is -0.137. The molecule has 1 N–H and O–H groups in total. The number of ether oxygens (including phenoxy) is 2. The molecule has 6 heteroatoms. The van der Waals surface area contributed by atoms with Gasteiger partial charge in [-0.05, 0) is 52.0 Å². The zero-order chi connectivity index (χ0) is 18.9. The summed E-state index contributed by atoms with van der Waals surface area (Å²) in [5, 5.41) is 2.61. The highest BCUT2D eigenvalue weighted by molar-refractivity contribution is 6.40. The molecule has 0 aliphatic rings. The van der Waals surface area contributed by atoms with Gasteiger partial charge >= 0.3 is 12.1 Å². The predicted octanol–water partition coefficient (Wildman–Crippen LogP) is 2.70. The first kappa shape index (κ1) is 20.2. The number of hydrogen-bond donors (Lipinski definition) is 1. The molecule has 134 valence electrons. The fourth-order valence-electron chi connectivity index (χ4n) is 1.73. The van der Waals surface area contributed by atoms with Gasteiger partial charge in [-0.2, -0.15) is 0 Å². The molecule has 0 atom stereocenters. The van der Waals surface area contributed by atoms with Crippen molar-refractivity contribution in [3.8, 4) is 11.8 Å². The largest absolute Gasteiger partial charge is 0.460 e.